The molecule has 7 heteroatoms. The minimum Gasteiger partial charge on any atom is -0.476 e. The average Bonchev–Trinajstić information content (AvgIpc) is 3.24. The highest BCUT2D eigenvalue weighted by molar-refractivity contribution is 5.87. The molecule has 0 saturated heterocycles. The van der Waals surface area contributed by atoms with Crippen molar-refractivity contribution in [1.29, 1.82) is 0 Å². The third kappa shape index (κ3) is 3.12. The van der Waals surface area contributed by atoms with E-state index in [2.05, 4.69) is 29.5 Å². The van der Waals surface area contributed by atoms with Crippen LogP contribution in [0.3, 0.4) is 0 Å². The van der Waals surface area contributed by atoms with E-state index in [0.29, 0.717) is 19.5 Å². The first-order valence-electron chi connectivity index (χ1n) is 9.62. The molecule has 1 atom stereocenters. The van der Waals surface area contributed by atoms with Gasteiger partial charge in [-0.25, -0.2) is 4.79 Å². The largest absolute Gasteiger partial charge is 0.476 e. The number of para-hydroxylation sites is 1. The fraction of sp³-hybridized carbons (Fsp3) is 0.450. The van der Waals surface area contributed by atoms with Gasteiger partial charge in [0.05, 0.1) is 11.2 Å². The second-order valence-corrected chi connectivity index (χ2v) is 6.99. The number of aromatic nitrogens is 4. The molecule has 1 aliphatic rings. The second-order valence-electron chi connectivity index (χ2n) is 6.99. The fourth-order valence-electron chi connectivity index (χ4n) is 4.10. The number of benzene rings is 1. The summed E-state index contributed by atoms with van der Waals surface area (Å²) in [6, 6.07) is 8.52. The highest BCUT2D eigenvalue weighted by Gasteiger charge is 2.28. The zero-order chi connectivity index (χ0) is 19.0. The van der Waals surface area contributed by atoms with Crippen LogP contribution in [0.4, 0.5) is 0 Å². The van der Waals surface area contributed by atoms with Crippen LogP contribution in [0.2, 0.25) is 0 Å². The Labute approximate surface area is 158 Å². The first kappa shape index (κ1) is 17.7. The first-order chi connectivity index (χ1) is 13.1. The fourth-order valence-corrected chi connectivity index (χ4v) is 4.10. The van der Waals surface area contributed by atoms with Gasteiger partial charge in [-0.2, -0.15) is 10.2 Å². The summed E-state index contributed by atoms with van der Waals surface area (Å²) in [6.07, 6.45) is 2.53. The molecule has 2 aromatic heterocycles. The molecule has 4 rings (SSSR count). The van der Waals surface area contributed by atoms with Crippen molar-refractivity contribution in [3.05, 3.63) is 46.9 Å². The van der Waals surface area contributed by atoms with Crippen molar-refractivity contribution in [3.8, 4) is 0 Å². The van der Waals surface area contributed by atoms with Gasteiger partial charge in [0.2, 0.25) is 0 Å². The molecule has 1 aliphatic carbocycles. The molecule has 142 valence electrons. The van der Waals surface area contributed by atoms with Crippen molar-refractivity contribution in [3.63, 3.8) is 0 Å². The van der Waals surface area contributed by atoms with Crippen LogP contribution in [0.25, 0.3) is 10.9 Å². The number of carboxylic acids is 1. The van der Waals surface area contributed by atoms with Crippen LogP contribution in [0.5, 0.6) is 0 Å². The number of hydrogen-bond donors (Lipinski definition) is 2. The number of fused-ring (bicyclic) bond motifs is 2. The number of carbonyl (C=O) groups is 1. The molecule has 2 heterocycles. The maximum atomic E-state index is 11.6. The summed E-state index contributed by atoms with van der Waals surface area (Å²) >= 11 is 0. The smallest absolute Gasteiger partial charge is 0.356 e. The van der Waals surface area contributed by atoms with Gasteiger partial charge in [-0.1, -0.05) is 18.2 Å². The molecule has 1 aromatic carbocycles. The van der Waals surface area contributed by atoms with Crippen LogP contribution in [0.1, 0.15) is 47.7 Å². The summed E-state index contributed by atoms with van der Waals surface area (Å²) in [5.41, 5.74) is 4.37. The lowest BCUT2D eigenvalue weighted by Crippen LogP contribution is -2.35. The van der Waals surface area contributed by atoms with Crippen molar-refractivity contribution >= 4 is 16.9 Å². The Bertz CT molecular complexity index is 988. The molecule has 27 heavy (non-hydrogen) atoms. The number of rotatable bonds is 6. The van der Waals surface area contributed by atoms with Crippen LogP contribution < -0.4 is 5.32 Å². The molecular formula is C20H25N5O2. The minimum absolute atomic E-state index is 0.207. The summed E-state index contributed by atoms with van der Waals surface area (Å²) in [6.45, 7) is 6.31. The molecule has 1 unspecified atom stereocenters. The molecule has 0 amide bonds. The van der Waals surface area contributed by atoms with Gasteiger partial charge in [0.15, 0.2) is 5.69 Å². The van der Waals surface area contributed by atoms with Gasteiger partial charge in [0.1, 0.15) is 0 Å². The third-order valence-electron chi connectivity index (χ3n) is 5.44. The van der Waals surface area contributed by atoms with E-state index in [9.17, 15) is 9.90 Å². The van der Waals surface area contributed by atoms with Gasteiger partial charge in [0.25, 0.3) is 0 Å². The Morgan fingerprint density at radius 2 is 2.00 bits per heavy atom. The topological polar surface area (TPSA) is 85.0 Å². The van der Waals surface area contributed by atoms with Crippen LogP contribution in [-0.2, 0) is 32.5 Å². The lowest BCUT2D eigenvalue weighted by molar-refractivity contribution is 0.0688. The highest BCUT2D eigenvalue weighted by atomic mass is 16.4. The number of nitrogens with zero attached hydrogens (tertiary/aromatic N) is 4. The summed E-state index contributed by atoms with van der Waals surface area (Å²) in [5.74, 6) is -0.938. The molecule has 7 nitrogen and oxygen atoms in total. The third-order valence-corrected chi connectivity index (χ3v) is 5.44. The van der Waals surface area contributed by atoms with Crippen LogP contribution in [-0.4, -0.2) is 36.7 Å². The van der Waals surface area contributed by atoms with E-state index in [-0.39, 0.29) is 11.7 Å². The normalized spacial score (nSPS) is 16.6. The lowest BCUT2D eigenvalue weighted by atomic mass is 9.91. The van der Waals surface area contributed by atoms with Gasteiger partial charge in [0, 0.05) is 42.3 Å². The first-order valence-corrected chi connectivity index (χ1v) is 9.62. The monoisotopic (exact) mass is 367 g/mol. The second kappa shape index (κ2) is 7.15. The van der Waals surface area contributed by atoms with Gasteiger partial charge >= 0.3 is 5.97 Å². The zero-order valence-electron chi connectivity index (χ0n) is 15.8. The van der Waals surface area contributed by atoms with Gasteiger partial charge in [-0.05, 0) is 39.2 Å². The molecule has 0 saturated carbocycles. The van der Waals surface area contributed by atoms with Crippen LogP contribution >= 0.6 is 0 Å². The van der Waals surface area contributed by atoms with E-state index in [0.717, 1.165) is 41.9 Å². The number of aryl methyl sites for hydroxylation is 2. The Morgan fingerprint density at radius 1 is 1.22 bits per heavy atom. The Balaban J connectivity index is 1.53. The summed E-state index contributed by atoms with van der Waals surface area (Å²) < 4.78 is 3.87. The summed E-state index contributed by atoms with van der Waals surface area (Å²) in [4.78, 5) is 11.6. The van der Waals surface area contributed by atoms with E-state index in [4.69, 9.17) is 5.10 Å². The van der Waals surface area contributed by atoms with Crippen molar-refractivity contribution in [2.45, 2.75) is 58.8 Å². The maximum Gasteiger partial charge on any atom is 0.356 e. The molecule has 0 aliphatic heterocycles. The van der Waals surface area contributed by atoms with Crippen molar-refractivity contribution < 1.29 is 9.90 Å². The van der Waals surface area contributed by atoms with E-state index in [1.165, 1.54) is 5.39 Å². The van der Waals surface area contributed by atoms with Crippen molar-refractivity contribution in [2.24, 2.45) is 0 Å². The number of nitrogens with one attached hydrogen (secondary N) is 1. The predicted octanol–water partition coefficient (Wildman–Crippen LogP) is 2.62. The number of aromatic carboxylic acids is 1. The minimum atomic E-state index is -0.938. The molecule has 3 aromatic rings. The van der Waals surface area contributed by atoms with E-state index in [1.807, 2.05) is 28.4 Å². The van der Waals surface area contributed by atoms with E-state index < -0.39 is 5.97 Å². The summed E-state index contributed by atoms with van der Waals surface area (Å²) in [5, 5.41) is 23.3. The molecule has 0 spiro atoms. The molecule has 0 fully saturated rings. The average molecular weight is 367 g/mol. The Hall–Kier alpha value is -2.67. The van der Waals surface area contributed by atoms with Crippen LogP contribution in [0.15, 0.2) is 24.3 Å². The summed E-state index contributed by atoms with van der Waals surface area (Å²) in [7, 11) is 0. The SMILES string of the molecule is CCn1nc(C(=O)O)c2c1CCC(NCc1nn(CC)c3ccccc13)C2. The van der Waals surface area contributed by atoms with E-state index in [1.54, 1.807) is 0 Å². The molecule has 0 radical (unpaired) electrons. The molecule has 2 N–H and O–H groups in total. The number of carboxylic acid groups (broad SMARTS) is 1. The Morgan fingerprint density at radius 3 is 2.74 bits per heavy atom. The standard InChI is InChI=1S/C20H25N5O2/c1-3-24-17-8-6-5-7-14(17)16(22-24)12-21-13-9-10-18-15(11-13)19(20(26)27)23-25(18)4-2/h5-8,13,21H,3-4,9-12H2,1-2H3,(H,26,27). The molecule has 0 bridgehead atoms. The molecular weight excluding hydrogens is 342 g/mol. The lowest BCUT2D eigenvalue weighted by Gasteiger charge is -2.24. The van der Waals surface area contributed by atoms with Gasteiger partial charge in [-0.15, -0.1) is 0 Å². The van der Waals surface area contributed by atoms with Crippen molar-refractivity contribution in [2.75, 3.05) is 0 Å². The van der Waals surface area contributed by atoms with Gasteiger partial charge in [-0.3, -0.25) is 9.36 Å². The zero-order valence-corrected chi connectivity index (χ0v) is 15.8. The maximum absolute atomic E-state index is 11.6. The highest BCUT2D eigenvalue weighted by Crippen LogP contribution is 2.26. The number of hydrogen-bond acceptors (Lipinski definition) is 4. The van der Waals surface area contributed by atoms with Gasteiger partial charge < -0.3 is 10.4 Å². The predicted molar refractivity (Wildman–Crippen MR) is 103 cm³/mol. The quantitative estimate of drug-likeness (QED) is 0.700. The van der Waals surface area contributed by atoms with Crippen molar-refractivity contribution in [1.82, 2.24) is 24.9 Å². The Kier molecular flexibility index (Phi) is 4.70. The van der Waals surface area contributed by atoms with E-state index >= 15 is 0 Å². The van der Waals surface area contributed by atoms with Crippen LogP contribution in [0, 0.1) is 0 Å².